The zero-order valence-electron chi connectivity index (χ0n) is 12.8. The first-order valence-corrected chi connectivity index (χ1v) is 7.76. The lowest BCUT2D eigenvalue weighted by molar-refractivity contribution is 0.367. The van der Waals surface area contributed by atoms with Crippen molar-refractivity contribution in [3.8, 4) is 0 Å². The Kier molecular flexibility index (Phi) is 5.61. The highest BCUT2D eigenvalue weighted by molar-refractivity contribution is 6.33. The van der Waals surface area contributed by atoms with Crippen LogP contribution in [0.15, 0.2) is 11.0 Å². The number of hydrogen-bond acceptors (Lipinski definition) is 5. The molecule has 0 saturated carbocycles. The Bertz CT molecular complexity index is 523. The molecule has 1 aliphatic rings. The van der Waals surface area contributed by atoms with Gasteiger partial charge in [-0.25, -0.2) is 4.68 Å². The van der Waals surface area contributed by atoms with Crippen molar-refractivity contribution in [2.75, 3.05) is 45.2 Å². The Hall–Kier alpha value is -1.11. The number of nitrogens with two attached hydrogens (primary N) is 1. The molecule has 118 valence electrons. The van der Waals surface area contributed by atoms with Gasteiger partial charge in [0.1, 0.15) is 5.02 Å². The molecule has 2 heterocycles. The fourth-order valence-electron chi connectivity index (χ4n) is 2.54. The number of likely N-dealkylation sites (N-methyl/N-ethyl adjacent to an activating group) is 1. The lowest BCUT2D eigenvalue weighted by Gasteiger charge is -2.33. The van der Waals surface area contributed by atoms with Crippen molar-refractivity contribution >= 4 is 17.3 Å². The lowest BCUT2D eigenvalue weighted by Crippen LogP contribution is -2.38. The van der Waals surface area contributed by atoms with Gasteiger partial charge in [-0.1, -0.05) is 11.6 Å². The number of halogens is 1. The molecule has 1 aliphatic heterocycles. The van der Waals surface area contributed by atoms with E-state index in [1.165, 1.54) is 4.68 Å². The third-order valence-corrected chi connectivity index (χ3v) is 4.37. The summed E-state index contributed by atoms with van der Waals surface area (Å²) >= 11 is 6.26. The third kappa shape index (κ3) is 3.96. The zero-order chi connectivity index (χ0) is 15.4. The SMILES string of the molecule is CN(C)CCn1ncc(N2CCC(CN)CC2)c(Cl)c1=O. The maximum Gasteiger partial charge on any atom is 0.287 e. The molecule has 21 heavy (non-hydrogen) atoms. The second-order valence-corrected chi connectivity index (χ2v) is 6.22. The molecule has 0 aliphatic carbocycles. The Morgan fingerprint density at radius 2 is 2.10 bits per heavy atom. The van der Waals surface area contributed by atoms with E-state index in [0.717, 1.165) is 44.7 Å². The summed E-state index contributed by atoms with van der Waals surface area (Å²) in [5.74, 6) is 0.577. The zero-order valence-corrected chi connectivity index (χ0v) is 13.5. The van der Waals surface area contributed by atoms with E-state index in [2.05, 4.69) is 10.00 Å². The number of anilines is 1. The first-order valence-electron chi connectivity index (χ1n) is 7.38. The molecule has 1 saturated heterocycles. The predicted molar refractivity (Wildman–Crippen MR) is 86.1 cm³/mol. The van der Waals surface area contributed by atoms with Crippen molar-refractivity contribution in [2.45, 2.75) is 19.4 Å². The molecule has 1 aromatic rings. The molecule has 7 heteroatoms. The minimum Gasteiger partial charge on any atom is -0.369 e. The van der Waals surface area contributed by atoms with Gasteiger partial charge in [0.25, 0.3) is 5.56 Å². The summed E-state index contributed by atoms with van der Waals surface area (Å²) in [6.45, 7) is 3.78. The van der Waals surface area contributed by atoms with Crippen LogP contribution in [0.25, 0.3) is 0 Å². The van der Waals surface area contributed by atoms with Crippen molar-refractivity contribution in [3.05, 3.63) is 21.6 Å². The van der Waals surface area contributed by atoms with Gasteiger partial charge in [0.2, 0.25) is 0 Å². The molecule has 0 unspecified atom stereocenters. The average molecular weight is 314 g/mol. The summed E-state index contributed by atoms with van der Waals surface area (Å²) in [7, 11) is 3.92. The standard InChI is InChI=1S/C14H24ClN5O/c1-18(2)7-8-20-14(21)13(15)12(10-17-20)19-5-3-11(9-16)4-6-19/h10-11H,3-9,16H2,1-2H3. The molecule has 0 bridgehead atoms. The van der Waals surface area contributed by atoms with Crippen LogP contribution < -0.4 is 16.2 Å². The van der Waals surface area contributed by atoms with Crippen molar-refractivity contribution in [3.63, 3.8) is 0 Å². The van der Waals surface area contributed by atoms with E-state index in [4.69, 9.17) is 17.3 Å². The van der Waals surface area contributed by atoms with Crippen molar-refractivity contribution < 1.29 is 0 Å². The second-order valence-electron chi connectivity index (χ2n) is 5.84. The highest BCUT2D eigenvalue weighted by Gasteiger charge is 2.21. The van der Waals surface area contributed by atoms with Gasteiger partial charge in [-0.2, -0.15) is 5.10 Å². The highest BCUT2D eigenvalue weighted by atomic mass is 35.5. The topological polar surface area (TPSA) is 67.4 Å². The summed E-state index contributed by atoms with van der Waals surface area (Å²) < 4.78 is 1.43. The third-order valence-electron chi connectivity index (χ3n) is 4.01. The monoisotopic (exact) mass is 313 g/mol. The molecule has 1 aromatic heterocycles. The number of piperidine rings is 1. The minimum atomic E-state index is -0.211. The van der Waals surface area contributed by atoms with Crippen LogP contribution in [0, 0.1) is 5.92 Å². The molecule has 1 fully saturated rings. The largest absolute Gasteiger partial charge is 0.369 e. The van der Waals surface area contributed by atoms with E-state index < -0.39 is 0 Å². The number of aromatic nitrogens is 2. The van der Waals surface area contributed by atoms with Gasteiger partial charge in [0.05, 0.1) is 18.4 Å². The van der Waals surface area contributed by atoms with Crippen molar-refractivity contribution in [2.24, 2.45) is 11.7 Å². The molecule has 0 atom stereocenters. The summed E-state index contributed by atoms with van der Waals surface area (Å²) in [5.41, 5.74) is 6.24. The van der Waals surface area contributed by atoms with Crippen LogP contribution in [0.3, 0.4) is 0 Å². The number of hydrogen-bond donors (Lipinski definition) is 1. The maximum absolute atomic E-state index is 12.3. The summed E-state index contributed by atoms with van der Waals surface area (Å²) in [6, 6.07) is 0. The minimum absolute atomic E-state index is 0.211. The number of rotatable bonds is 5. The molecular weight excluding hydrogens is 290 g/mol. The van der Waals surface area contributed by atoms with Crippen LogP contribution in [-0.4, -0.2) is 55.0 Å². The fourth-order valence-corrected chi connectivity index (χ4v) is 2.81. The molecule has 2 N–H and O–H groups in total. The second kappa shape index (κ2) is 7.24. The Labute approximate surface area is 130 Å². The van der Waals surface area contributed by atoms with Crippen molar-refractivity contribution in [1.82, 2.24) is 14.7 Å². The molecule has 0 spiro atoms. The first-order chi connectivity index (χ1) is 10.0. The van der Waals surface area contributed by atoms with Gasteiger partial charge in [-0.05, 0) is 39.4 Å². The van der Waals surface area contributed by atoms with Crippen LogP contribution in [0.5, 0.6) is 0 Å². The normalized spacial score (nSPS) is 16.7. The van der Waals surface area contributed by atoms with Gasteiger partial charge >= 0.3 is 0 Å². The van der Waals surface area contributed by atoms with E-state index >= 15 is 0 Å². The quantitative estimate of drug-likeness (QED) is 0.864. The van der Waals surface area contributed by atoms with Crippen LogP contribution in [-0.2, 0) is 6.54 Å². The smallest absolute Gasteiger partial charge is 0.287 e. The summed E-state index contributed by atoms with van der Waals surface area (Å²) in [6.07, 6.45) is 3.79. The average Bonchev–Trinajstić information content (AvgIpc) is 2.49. The summed E-state index contributed by atoms with van der Waals surface area (Å²) in [5, 5.41) is 4.53. The Balaban J connectivity index is 2.12. The van der Waals surface area contributed by atoms with Gasteiger partial charge in [-0.3, -0.25) is 4.79 Å². The molecule has 0 aromatic carbocycles. The van der Waals surface area contributed by atoms with E-state index in [0.29, 0.717) is 12.5 Å². The maximum atomic E-state index is 12.3. The van der Waals surface area contributed by atoms with Crippen LogP contribution >= 0.6 is 11.6 Å². The predicted octanol–water partition coefficient (Wildman–Crippen LogP) is 0.633. The molecular formula is C14H24ClN5O. The van der Waals surface area contributed by atoms with Crippen LogP contribution in [0.2, 0.25) is 5.02 Å². The fraction of sp³-hybridized carbons (Fsp3) is 0.714. The molecule has 0 radical (unpaired) electrons. The van der Waals surface area contributed by atoms with Crippen LogP contribution in [0.4, 0.5) is 5.69 Å². The summed E-state index contributed by atoms with van der Waals surface area (Å²) in [4.78, 5) is 16.4. The lowest BCUT2D eigenvalue weighted by atomic mass is 9.97. The first kappa shape index (κ1) is 16.3. The Morgan fingerprint density at radius 1 is 1.43 bits per heavy atom. The number of nitrogens with zero attached hydrogens (tertiary/aromatic N) is 4. The van der Waals surface area contributed by atoms with Gasteiger partial charge in [0.15, 0.2) is 0 Å². The highest BCUT2D eigenvalue weighted by Crippen LogP contribution is 2.26. The van der Waals surface area contributed by atoms with Crippen molar-refractivity contribution in [1.29, 1.82) is 0 Å². The van der Waals surface area contributed by atoms with Crippen LogP contribution in [0.1, 0.15) is 12.8 Å². The molecule has 0 amide bonds. The van der Waals surface area contributed by atoms with E-state index in [9.17, 15) is 4.79 Å². The molecule has 6 nitrogen and oxygen atoms in total. The van der Waals surface area contributed by atoms with E-state index in [-0.39, 0.29) is 10.6 Å². The van der Waals surface area contributed by atoms with Gasteiger partial charge in [-0.15, -0.1) is 0 Å². The van der Waals surface area contributed by atoms with E-state index in [1.54, 1.807) is 6.20 Å². The molecule has 2 rings (SSSR count). The van der Waals surface area contributed by atoms with Gasteiger partial charge in [0, 0.05) is 19.6 Å². The van der Waals surface area contributed by atoms with Gasteiger partial charge < -0.3 is 15.5 Å². The van der Waals surface area contributed by atoms with E-state index in [1.807, 2.05) is 19.0 Å². The Morgan fingerprint density at radius 3 is 2.67 bits per heavy atom.